The molecule has 0 amide bonds. The van der Waals surface area contributed by atoms with E-state index in [1.807, 2.05) is 0 Å². The Balaban J connectivity index is 2.51. The van der Waals surface area contributed by atoms with Gasteiger partial charge in [0.05, 0.1) is 0 Å². The van der Waals surface area contributed by atoms with Crippen LogP contribution in [0, 0.1) is 11.3 Å². The standard InChI is InChI=1S/C9H17BrO/c1-9(2)4-3-8(10)7(5-9)6-11/h7-8,11H,3-6H2,1-2H3. The van der Waals surface area contributed by atoms with Crippen LogP contribution in [0.2, 0.25) is 0 Å². The molecule has 0 aromatic heterocycles. The second-order valence-corrected chi connectivity index (χ2v) is 5.54. The zero-order chi connectivity index (χ0) is 8.48. The Morgan fingerprint density at radius 3 is 2.64 bits per heavy atom. The lowest BCUT2D eigenvalue weighted by Crippen LogP contribution is -2.32. The molecule has 66 valence electrons. The van der Waals surface area contributed by atoms with Gasteiger partial charge in [-0.05, 0) is 30.6 Å². The molecule has 0 bridgehead atoms. The molecule has 0 aromatic carbocycles. The van der Waals surface area contributed by atoms with Gasteiger partial charge in [-0.3, -0.25) is 0 Å². The average Bonchev–Trinajstić information content (AvgIpc) is 1.94. The van der Waals surface area contributed by atoms with Gasteiger partial charge in [0, 0.05) is 11.4 Å². The van der Waals surface area contributed by atoms with Gasteiger partial charge in [0.1, 0.15) is 0 Å². The predicted molar refractivity (Wildman–Crippen MR) is 50.9 cm³/mol. The summed E-state index contributed by atoms with van der Waals surface area (Å²) in [5, 5.41) is 9.06. The molecule has 0 aliphatic heterocycles. The molecular formula is C9H17BrO. The molecule has 2 heteroatoms. The van der Waals surface area contributed by atoms with Crippen LogP contribution in [0.3, 0.4) is 0 Å². The monoisotopic (exact) mass is 220 g/mol. The van der Waals surface area contributed by atoms with E-state index in [2.05, 4.69) is 29.8 Å². The quantitative estimate of drug-likeness (QED) is 0.674. The van der Waals surface area contributed by atoms with Crippen LogP contribution in [0.1, 0.15) is 33.1 Å². The van der Waals surface area contributed by atoms with Crippen LogP contribution in [0.15, 0.2) is 0 Å². The minimum Gasteiger partial charge on any atom is -0.396 e. The molecule has 1 aliphatic carbocycles. The molecule has 0 saturated heterocycles. The van der Waals surface area contributed by atoms with Crippen molar-refractivity contribution >= 4 is 15.9 Å². The summed E-state index contributed by atoms with van der Waals surface area (Å²) < 4.78 is 0. The van der Waals surface area contributed by atoms with E-state index in [4.69, 9.17) is 5.11 Å². The first kappa shape index (κ1) is 9.53. The summed E-state index contributed by atoms with van der Waals surface area (Å²) in [4.78, 5) is 0.542. The Labute approximate surface area is 77.3 Å². The van der Waals surface area contributed by atoms with Crippen molar-refractivity contribution < 1.29 is 5.11 Å². The lowest BCUT2D eigenvalue weighted by Gasteiger charge is -2.37. The highest BCUT2D eigenvalue weighted by Gasteiger charge is 2.32. The zero-order valence-electron chi connectivity index (χ0n) is 7.31. The molecule has 1 N–H and O–H groups in total. The number of rotatable bonds is 1. The van der Waals surface area contributed by atoms with Crippen LogP contribution in [-0.2, 0) is 0 Å². The van der Waals surface area contributed by atoms with Crippen molar-refractivity contribution in [2.24, 2.45) is 11.3 Å². The molecule has 0 heterocycles. The number of halogens is 1. The Hall–Kier alpha value is 0.440. The van der Waals surface area contributed by atoms with Crippen molar-refractivity contribution in [2.45, 2.75) is 37.9 Å². The Kier molecular flexibility index (Phi) is 2.98. The van der Waals surface area contributed by atoms with Crippen LogP contribution in [0.4, 0.5) is 0 Å². The third-order valence-electron chi connectivity index (χ3n) is 2.66. The van der Waals surface area contributed by atoms with Crippen molar-refractivity contribution in [3.05, 3.63) is 0 Å². The van der Waals surface area contributed by atoms with Crippen LogP contribution < -0.4 is 0 Å². The van der Waals surface area contributed by atoms with E-state index in [0.29, 0.717) is 22.8 Å². The summed E-state index contributed by atoms with van der Waals surface area (Å²) >= 11 is 3.61. The molecule has 1 aliphatic rings. The second kappa shape index (κ2) is 3.44. The molecule has 11 heavy (non-hydrogen) atoms. The summed E-state index contributed by atoms with van der Waals surface area (Å²) in [6.45, 7) is 4.91. The number of alkyl halides is 1. The Morgan fingerprint density at radius 2 is 2.18 bits per heavy atom. The highest BCUT2D eigenvalue weighted by molar-refractivity contribution is 9.09. The van der Waals surface area contributed by atoms with Crippen molar-refractivity contribution in [3.63, 3.8) is 0 Å². The first-order chi connectivity index (χ1) is 5.05. The largest absolute Gasteiger partial charge is 0.396 e. The SMILES string of the molecule is CC1(C)CCC(Br)C(CO)C1. The lowest BCUT2D eigenvalue weighted by molar-refractivity contribution is 0.126. The first-order valence-electron chi connectivity index (χ1n) is 4.30. The van der Waals surface area contributed by atoms with E-state index >= 15 is 0 Å². The maximum atomic E-state index is 9.06. The van der Waals surface area contributed by atoms with E-state index < -0.39 is 0 Å². The van der Waals surface area contributed by atoms with E-state index in [-0.39, 0.29) is 0 Å². The molecule has 1 fully saturated rings. The van der Waals surface area contributed by atoms with Crippen molar-refractivity contribution in [1.82, 2.24) is 0 Å². The van der Waals surface area contributed by atoms with Crippen LogP contribution >= 0.6 is 15.9 Å². The minimum atomic E-state index is 0.333. The topological polar surface area (TPSA) is 20.2 Å². The fraction of sp³-hybridized carbons (Fsp3) is 1.00. The predicted octanol–water partition coefficient (Wildman–Crippen LogP) is 2.57. The molecule has 2 atom stereocenters. The van der Waals surface area contributed by atoms with Crippen molar-refractivity contribution in [1.29, 1.82) is 0 Å². The van der Waals surface area contributed by atoms with E-state index in [1.165, 1.54) is 12.8 Å². The summed E-state index contributed by atoms with van der Waals surface area (Å²) in [5.74, 6) is 0.471. The normalized spacial score (nSPS) is 37.1. The van der Waals surface area contributed by atoms with Crippen LogP contribution in [0.5, 0.6) is 0 Å². The number of aliphatic hydroxyl groups is 1. The number of hydrogen-bond donors (Lipinski definition) is 1. The zero-order valence-corrected chi connectivity index (χ0v) is 8.89. The third-order valence-corrected chi connectivity index (χ3v) is 3.86. The van der Waals surface area contributed by atoms with Gasteiger partial charge in [-0.15, -0.1) is 0 Å². The van der Waals surface area contributed by atoms with E-state index in [1.54, 1.807) is 0 Å². The molecule has 0 radical (unpaired) electrons. The van der Waals surface area contributed by atoms with Gasteiger partial charge in [0.15, 0.2) is 0 Å². The fourth-order valence-corrected chi connectivity index (χ4v) is 2.47. The van der Waals surface area contributed by atoms with Gasteiger partial charge in [0.2, 0.25) is 0 Å². The molecule has 0 aromatic rings. The molecule has 1 saturated carbocycles. The maximum Gasteiger partial charge on any atom is 0.0470 e. The summed E-state index contributed by atoms with van der Waals surface area (Å²) in [5.41, 5.74) is 0.442. The van der Waals surface area contributed by atoms with Crippen LogP contribution in [0.25, 0.3) is 0 Å². The minimum absolute atomic E-state index is 0.333. The van der Waals surface area contributed by atoms with Gasteiger partial charge >= 0.3 is 0 Å². The highest BCUT2D eigenvalue weighted by Crippen LogP contribution is 2.41. The summed E-state index contributed by atoms with van der Waals surface area (Å²) in [6.07, 6.45) is 3.64. The summed E-state index contributed by atoms with van der Waals surface area (Å²) in [6, 6.07) is 0. The average molecular weight is 221 g/mol. The van der Waals surface area contributed by atoms with Crippen LogP contribution in [-0.4, -0.2) is 16.5 Å². The Morgan fingerprint density at radius 1 is 1.55 bits per heavy atom. The van der Waals surface area contributed by atoms with E-state index in [0.717, 1.165) is 6.42 Å². The molecule has 0 spiro atoms. The van der Waals surface area contributed by atoms with Gasteiger partial charge in [-0.1, -0.05) is 29.8 Å². The Bertz CT molecular complexity index is 134. The lowest BCUT2D eigenvalue weighted by atomic mass is 9.72. The number of hydrogen-bond acceptors (Lipinski definition) is 1. The molecule has 1 rings (SSSR count). The molecular weight excluding hydrogens is 204 g/mol. The van der Waals surface area contributed by atoms with Crippen molar-refractivity contribution in [3.8, 4) is 0 Å². The molecule has 1 nitrogen and oxygen atoms in total. The van der Waals surface area contributed by atoms with E-state index in [9.17, 15) is 0 Å². The second-order valence-electron chi connectivity index (χ2n) is 4.37. The highest BCUT2D eigenvalue weighted by atomic mass is 79.9. The summed E-state index contributed by atoms with van der Waals surface area (Å²) in [7, 11) is 0. The van der Waals surface area contributed by atoms with Gasteiger partial charge in [-0.2, -0.15) is 0 Å². The van der Waals surface area contributed by atoms with Crippen molar-refractivity contribution in [2.75, 3.05) is 6.61 Å². The molecule has 2 unspecified atom stereocenters. The van der Waals surface area contributed by atoms with Gasteiger partial charge in [-0.25, -0.2) is 0 Å². The fourth-order valence-electron chi connectivity index (χ4n) is 1.88. The first-order valence-corrected chi connectivity index (χ1v) is 5.22. The smallest absolute Gasteiger partial charge is 0.0470 e. The van der Waals surface area contributed by atoms with Gasteiger partial charge < -0.3 is 5.11 Å². The third kappa shape index (κ3) is 2.45. The number of aliphatic hydroxyl groups excluding tert-OH is 1. The maximum absolute atomic E-state index is 9.06. The van der Waals surface area contributed by atoms with Gasteiger partial charge in [0.25, 0.3) is 0 Å².